The smallest absolute Gasteiger partial charge is 0.264 e. The molecule has 1 rings (SSSR count). The van der Waals surface area contributed by atoms with Crippen LogP contribution in [0.15, 0.2) is 0 Å². The minimum Gasteiger partial charge on any atom is -0.264 e. The molecule has 0 saturated carbocycles. The summed E-state index contributed by atoms with van der Waals surface area (Å²) >= 11 is 0. The lowest BCUT2D eigenvalue weighted by atomic mass is 9.96. The van der Waals surface area contributed by atoms with Crippen LogP contribution in [0.2, 0.25) is 0 Å². The Bertz CT molecular complexity index is 209. The highest BCUT2D eigenvalue weighted by Gasteiger charge is 2.55. The van der Waals surface area contributed by atoms with Crippen LogP contribution in [0.1, 0.15) is 6.92 Å². The number of hydrazine groups is 1. The second-order valence-electron chi connectivity index (χ2n) is 2.81. The molecular formula is C4H7N3O4. The Kier molecular flexibility index (Phi) is 1.43. The molecule has 7 nitrogen and oxygen atoms in total. The van der Waals surface area contributed by atoms with Crippen LogP contribution in [-0.2, 0) is 0 Å². The Balaban J connectivity index is 2.50. The SMILES string of the molecule is CC1([N+](=O)[O-])CN([N+](=O)[O-])C1. The van der Waals surface area contributed by atoms with Crippen molar-refractivity contribution < 1.29 is 9.96 Å². The van der Waals surface area contributed by atoms with Gasteiger partial charge in [-0.15, -0.1) is 5.01 Å². The summed E-state index contributed by atoms with van der Waals surface area (Å²) < 4.78 is 0. The summed E-state index contributed by atoms with van der Waals surface area (Å²) in [6, 6.07) is 0. The third-order valence-electron chi connectivity index (χ3n) is 1.72. The second-order valence-corrected chi connectivity index (χ2v) is 2.81. The first kappa shape index (κ1) is 7.70. The molecule has 0 atom stereocenters. The lowest BCUT2D eigenvalue weighted by Gasteiger charge is -2.33. The van der Waals surface area contributed by atoms with Gasteiger partial charge >= 0.3 is 0 Å². The van der Waals surface area contributed by atoms with E-state index in [-0.39, 0.29) is 13.1 Å². The summed E-state index contributed by atoms with van der Waals surface area (Å²) in [6.07, 6.45) is 0. The first-order valence-corrected chi connectivity index (χ1v) is 2.99. The fraction of sp³-hybridized carbons (Fsp3) is 1.00. The van der Waals surface area contributed by atoms with Crippen molar-refractivity contribution in [1.29, 1.82) is 0 Å². The summed E-state index contributed by atoms with van der Waals surface area (Å²) in [5.41, 5.74) is -1.12. The van der Waals surface area contributed by atoms with Crippen LogP contribution >= 0.6 is 0 Å². The van der Waals surface area contributed by atoms with Crippen molar-refractivity contribution in [3.8, 4) is 0 Å². The Labute approximate surface area is 61.9 Å². The molecule has 1 aliphatic rings. The molecule has 11 heavy (non-hydrogen) atoms. The van der Waals surface area contributed by atoms with E-state index in [2.05, 4.69) is 0 Å². The van der Waals surface area contributed by atoms with Gasteiger partial charge in [0.05, 0.1) is 0 Å². The van der Waals surface area contributed by atoms with Crippen LogP contribution in [0.25, 0.3) is 0 Å². The molecule has 0 amide bonds. The van der Waals surface area contributed by atoms with Gasteiger partial charge in [-0.25, -0.2) is 10.1 Å². The van der Waals surface area contributed by atoms with E-state index in [4.69, 9.17) is 0 Å². The Hall–Kier alpha value is -1.40. The predicted molar refractivity (Wildman–Crippen MR) is 34.0 cm³/mol. The molecule has 0 aromatic heterocycles. The van der Waals surface area contributed by atoms with Gasteiger partial charge in [0, 0.05) is 11.8 Å². The molecule has 1 aliphatic heterocycles. The van der Waals surface area contributed by atoms with E-state index in [1.54, 1.807) is 0 Å². The van der Waals surface area contributed by atoms with Crippen LogP contribution < -0.4 is 0 Å². The van der Waals surface area contributed by atoms with E-state index in [1.807, 2.05) is 0 Å². The maximum Gasteiger partial charge on any atom is 0.265 e. The van der Waals surface area contributed by atoms with Crippen molar-refractivity contribution in [3.05, 3.63) is 20.2 Å². The molecule has 1 heterocycles. The minimum absolute atomic E-state index is 0.104. The molecule has 62 valence electrons. The van der Waals surface area contributed by atoms with Crippen LogP contribution in [0, 0.1) is 20.2 Å². The highest BCUT2D eigenvalue weighted by atomic mass is 16.7. The molecule has 0 spiro atoms. The monoisotopic (exact) mass is 161 g/mol. The Morgan fingerprint density at radius 3 is 2.09 bits per heavy atom. The molecule has 0 aromatic carbocycles. The maximum atomic E-state index is 10.2. The number of nitrogens with zero attached hydrogens (tertiary/aromatic N) is 3. The third kappa shape index (κ3) is 1.08. The van der Waals surface area contributed by atoms with Crippen molar-refractivity contribution in [2.24, 2.45) is 0 Å². The molecule has 0 unspecified atom stereocenters. The number of rotatable bonds is 2. The topological polar surface area (TPSA) is 89.5 Å². The highest BCUT2D eigenvalue weighted by Crippen LogP contribution is 2.22. The fourth-order valence-corrected chi connectivity index (χ4v) is 0.971. The number of hydrogen-bond donors (Lipinski definition) is 0. The lowest BCUT2D eigenvalue weighted by Crippen LogP contribution is -2.65. The van der Waals surface area contributed by atoms with Crippen molar-refractivity contribution in [2.45, 2.75) is 12.5 Å². The van der Waals surface area contributed by atoms with E-state index in [9.17, 15) is 20.2 Å². The van der Waals surface area contributed by atoms with Crippen LogP contribution in [-0.4, -0.2) is 33.6 Å². The van der Waals surface area contributed by atoms with Gasteiger partial charge in [0.1, 0.15) is 0 Å². The summed E-state index contributed by atoms with van der Waals surface area (Å²) in [4.78, 5) is 19.7. The molecule has 1 saturated heterocycles. The lowest BCUT2D eigenvalue weighted by molar-refractivity contribution is -0.719. The molecule has 0 aromatic rings. The zero-order valence-corrected chi connectivity index (χ0v) is 5.89. The van der Waals surface area contributed by atoms with Crippen molar-refractivity contribution in [2.75, 3.05) is 13.1 Å². The van der Waals surface area contributed by atoms with Crippen LogP contribution in [0.5, 0.6) is 0 Å². The van der Waals surface area contributed by atoms with E-state index in [0.717, 1.165) is 5.01 Å². The minimum atomic E-state index is -1.12. The highest BCUT2D eigenvalue weighted by molar-refractivity contribution is 4.87. The van der Waals surface area contributed by atoms with Gasteiger partial charge in [0.2, 0.25) is 0 Å². The molecular weight excluding hydrogens is 154 g/mol. The summed E-state index contributed by atoms with van der Waals surface area (Å²) in [5, 5.41) is 20.4. The van der Waals surface area contributed by atoms with Gasteiger partial charge in [-0.3, -0.25) is 10.1 Å². The van der Waals surface area contributed by atoms with Gasteiger partial charge in [0.15, 0.2) is 18.1 Å². The van der Waals surface area contributed by atoms with Gasteiger partial charge in [-0.2, -0.15) is 0 Å². The summed E-state index contributed by atoms with van der Waals surface area (Å²) in [5.74, 6) is 0. The van der Waals surface area contributed by atoms with E-state index < -0.39 is 15.5 Å². The largest absolute Gasteiger partial charge is 0.265 e. The second kappa shape index (κ2) is 2.04. The summed E-state index contributed by atoms with van der Waals surface area (Å²) in [6.45, 7) is 1.19. The summed E-state index contributed by atoms with van der Waals surface area (Å²) in [7, 11) is 0. The van der Waals surface area contributed by atoms with Gasteiger partial charge < -0.3 is 0 Å². The van der Waals surface area contributed by atoms with Crippen LogP contribution in [0.4, 0.5) is 0 Å². The first-order chi connectivity index (χ1) is 4.96. The zero-order valence-electron chi connectivity index (χ0n) is 5.89. The van der Waals surface area contributed by atoms with E-state index >= 15 is 0 Å². The Morgan fingerprint density at radius 1 is 1.36 bits per heavy atom. The quantitative estimate of drug-likeness (QED) is 0.403. The molecule has 0 aliphatic carbocycles. The predicted octanol–water partition coefficient (Wildman–Crippen LogP) is -0.471. The average Bonchev–Trinajstić information content (AvgIpc) is 1.79. The molecule has 0 N–H and O–H groups in total. The van der Waals surface area contributed by atoms with Gasteiger partial charge in [-0.05, 0) is 0 Å². The first-order valence-electron chi connectivity index (χ1n) is 2.99. The molecule has 7 heteroatoms. The van der Waals surface area contributed by atoms with Gasteiger partial charge in [-0.1, -0.05) is 0 Å². The van der Waals surface area contributed by atoms with Crippen LogP contribution in [0.3, 0.4) is 0 Å². The third-order valence-corrected chi connectivity index (χ3v) is 1.72. The average molecular weight is 161 g/mol. The zero-order chi connectivity index (χ0) is 8.65. The molecule has 1 fully saturated rings. The standard InChI is InChI=1S/C4H7N3O4/c1-4(6(8)9)2-5(3-4)7(10)11/h2-3H2,1H3. The van der Waals surface area contributed by atoms with E-state index in [0.29, 0.717) is 0 Å². The normalized spacial score (nSPS) is 20.6. The van der Waals surface area contributed by atoms with Crippen molar-refractivity contribution >= 4 is 0 Å². The maximum absolute atomic E-state index is 10.2. The molecule has 0 radical (unpaired) electrons. The molecule has 0 bridgehead atoms. The number of hydrogen-bond acceptors (Lipinski definition) is 4. The van der Waals surface area contributed by atoms with E-state index in [1.165, 1.54) is 6.92 Å². The van der Waals surface area contributed by atoms with Crippen molar-refractivity contribution in [1.82, 2.24) is 5.01 Å². The van der Waals surface area contributed by atoms with Crippen molar-refractivity contribution in [3.63, 3.8) is 0 Å². The van der Waals surface area contributed by atoms with Gasteiger partial charge in [0.25, 0.3) is 5.54 Å². The fourth-order valence-electron chi connectivity index (χ4n) is 0.971. The number of nitro groups is 2. The Morgan fingerprint density at radius 2 is 1.82 bits per heavy atom.